The topological polar surface area (TPSA) is 75.7 Å². The molecule has 0 bridgehead atoms. The van der Waals surface area contributed by atoms with E-state index in [0.717, 1.165) is 29.0 Å². The summed E-state index contributed by atoms with van der Waals surface area (Å²) in [5.41, 5.74) is 7.63. The van der Waals surface area contributed by atoms with Gasteiger partial charge in [0.2, 0.25) is 0 Å². The van der Waals surface area contributed by atoms with Crippen molar-refractivity contribution in [3.63, 3.8) is 0 Å². The van der Waals surface area contributed by atoms with Crippen LogP contribution < -0.4 is 5.73 Å². The van der Waals surface area contributed by atoms with E-state index in [4.69, 9.17) is 10.8 Å². The van der Waals surface area contributed by atoms with Crippen LogP contribution in [0.2, 0.25) is 0 Å². The average Bonchev–Trinajstić information content (AvgIpc) is 2.36. The Labute approximate surface area is 111 Å². The zero-order valence-electron chi connectivity index (χ0n) is 10.4. The molecule has 0 saturated carbocycles. The average molecular weight is 266 g/mol. The van der Waals surface area contributed by atoms with E-state index in [-0.39, 0.29) is 0 Å². The molecule has 0 heterocycles. The number of hydrogen-bond acceptors (Lipinski definition) is 4. The van der Waals surface area contributed by atoms with Crippen LogP contribution in [-0.2, 0) is 4.79 Å². The predicted molar refractivity (Wildman–Crippen MR) is 76.8 cm³/mol. The summed E-state index contributed by atoms with van der Waals surface area (Å²) < 4.78 is 0. The molecular weight excluding hydrogens is 248 g/mol. The second kappa shape index (κ2) is 7.18. The Morgan fingerprint density at radius 1 is 1.78 bits per heavy atom. The number of aliphatic carboxylic acids is 1. The minimum absolute atomic E-state index is 0.356. The van der Waals surface area contributed by atoms with Gasteiger partial charge in [-0.2, -0.15) is 0 Å². The molecule has 3 N–H and O–H groups in total. The van der Waals surface area contributed by atoms with E-state index in [1.54, 1.807) is 12.5 Å². The van der Waals surface area contributed by atoms with Crippen molar-refractivity contribution in [1.29, 1.82) is 0 Å². The molecule has 4 nitrogen and oxygen atoms in total. The van der Waals surface area contributed by atoms with Gasteiger partial charge < -0.3 is 10.8 Å². The quantitative estimate of drug-likeness (QED) is 0.591. The van der Waals surface area contributed by atoms with Crippen LogP contribution in [0.15, 0.2) is 40.3 Å². The summed E-state index contributed by atoms with van der Waals surface area (Å²) in [6.07, 6.45) is 6.20. The van der Waals surface area contributed by atoms with Crippen LogP contribution in [0.5, 0.6) is 0 Å². The fraction of sp³-hybridized carbons (Fsp3) is 0.385. The summed E-state index contributed by atoms with van der Waals surface area (Å²) in [4.78, 5) is 14.9. The Bertz CT molecular complexity index is 425. The van der Waals surface area contributed by atoms with Crippen LogP contribution in [0.4, 0.5) is 0 Å². The summed E-state index contributed by atoms with van der Waals surface area (Å²) in [7, 11) is 1.74. The number of thioether (sulfide) groups is 1. The van der Waals surface area contributed by atoms with E-state index in [0.29, 0.717) is 6.42 Å². The third-order valence-electron chi connectivity index (χ3n) is 2.63. The highest BCUT2D eigenvalue weighted by Crippen LogP contribution is 2.25. The fourth-order valence-electron chi connectivity index (χ4n) is 1.77. The van der Waals surface area contributed by atoms with Gasteiger partial charge >= 0.3 is 5.97 Å². The lowest BCUT2D eigenvalue weighted by atomic mass is 9.95. The molecule has 1 aliphatic rings. The summed E-state index contributed by atoms with van der Waals surface area (Å²) in [6.45, 7) is 3.68. The van der Waals surface area contributed by atoms with Crippen LogP contribution in [0, 0.1) is 0 Å². The number of nitrogens with two attached hydrogens (primary N) is 1. The van der Waals surface area contributed by atoms with E-state index in [1.807, 2.05) is 12.2 Å². The smallest absolute Gasteiger partial charge is 0.320 e. The highest BCUT2D eigenvalue weighted by Gasteiger charge is 2.16. The Hall–Kier alpha value is -1.33. The Morgan fingerprint density at radius 3 is 3.06 bits per heavy atom. The summed E-state index contributed by atoms with van der Waals surface area (Å²) >= 11 is 1.48. The van der Waals surface area contributed by atoms with Crippen molar-refractivity contribution in [2.24, 2.45) is 10.7 Å². The van der Waals surface area contributed by atoms with Gasteiger partial charge in [-0.1, -0.05) is 30.5 Å². The third kappa shape index (κ3) is 4.16. The molecule has 0 fully saturated rings. The number of carbonyl (C=O) groups is 1. The van der Waals surface area contributed by atoms with Crippen molar-refractivity contribution in [2.75, 3.05) is 7.05 Å². The second-order valence-electron chi connectivity index (χ2n) is 3.95. The molecule has 0 saturated heterocycles. The standard InChI is InChI=1S/C13H18N2O2S/c1-3-18-12(15-2)10-6-4-5-9(7-10)8-11(14)13(16)17/h3,5,7,11H,1,4,6,8,14H2,2H3,(H,16,17). The molecule has 0 aromatic heterocycles. The highest BCUT2D eigenvalue weighted by molar-refractivity contribution is 8.16. The lowest BCUT2D eigenvalue weighted by Gasteiger charge is -2.16. The molecule has 18 heavy (non-hydrogen) atoms. The SMILES string of the molecule is C=CSC(=NC)C1=CC(CC(N)C(=O)O)=CCC1. The molecule has 0 spiro atoms. The van der Waals surface area contributed by atoms with Gasteiger partial charge in [0, 0.05) is 7.05 Å². The fourth-order valence-corrected chi connectivity index (χ4v) is 2.35. The number of nitrogens with zero attached hydrogens (tertiary/aromatic N) is 1. The number of allylic oxidation sites excluding steroid dienone is 2. The largest absolute Gasteiger partial charge is 0.480 e. The first-order valence-corrected chi connectivity index (χ1v) is 6.59. The molecule has 1 rings (SSSR count). The third-order valence-corrected chi connectivity index (χ3v) is 3.46. The molecule has 1 aliphatic carbocycles. The van der Waals surface area contributed by atoms with Crippen molar-refractivity contribution >= 4 is 22.8 Å². The van der Waals surface area contributed by atoms with Gasteiger partial charge in [-0.3, -0.25) is 9.79 Å². The Morgan fingerprint density at radius 2 is 2.50 bits per heavy atom. The van der Waals surface area contributed by atoms with E-state index in [9.17, 15) is 4.79 Å². The van der Waals surface area contributed by atoms with Gasteiger partial charge in [-0.05, 0) is 35.8 Å². The summed E-state index contributed by atoms with van der Waals surface area (Å²) in [5.74, 6) is -0.971. The van der Waals surface area contributed by atoms with Crippen LogP contribution in [0.25, 0.3) is 0 Å². The normalized spacial score (nSPS) is 17.8. The number of rotatable bonds is 5. The molecular formula is C13H18N2O2S. The molecule has 0 aromatic rings. The molecule has 0 aromatic carbocycles. The van der Waals surface area contributed by atoms with Crippen LogP contribution in [0.3, 0.4) is 0 Å². The molecule has 0 radical (unpaired) electrons. The van der Waals surface area contributed by atoms with Gasteiger partial charge in [0.1, 0.15) is 6.04 Å². The van der Waals surface area contributed by atoms with E-state index < -0.39 is 12.0 Å². The maximum atomic E-state index is 10.7. The van der Waals surface area contributed by atoms with Gasteiger partial charge in [-0.15, -0.1) is 0 Å². The Kier molecular flexibility index (Phi) is 5.88. The van der Waals surface area contributed by atoms with Crippen LogP contribution >= 0.6 is 11.8 Å². The van der Waals surface area contributed by atoms with Gasteiger partial charge in [0.05, 0.1) is 5.04 Å². The second-order valence-corrected chi connectivity index (χ2v) is 4.91. The Balaban J connectivity index is 2.79. The first-order valence-electron chi connectivity index (χ1n) is 5.71. The molecule has 0 amide bonds. The molecule has 0 aliphatic heterocycles. The minimum Gasteiger partial charge on any atom is -0.480 e. The highest BCUT2D eigenvalue weighted by atomic mass is 32.2. The molecule has 98 valence electrons. The maximum absolute atomic E-state index is 10.7. The summed E-state index contributed by atoms with van der Waals surface area (Å²) in [5, 5.41) is 11.5. The minimum atomic E-state index is -0.971. The first-order chi connectivity index (χ1) is 8.58. The zero-order chi connectivity index (χ0) is 13.5. The van der Waals surface area contributed by atoms with E-state index in [2.05, 4.69) is 11.6 Å². The number of aliphatic imine (C=N–C) groups is 1. The molecule has 1 atom stereocenters. The van der Waals surface area contributed by atoms with Gasteiger partial charge in [-0.25, -0.2) is 0 Å². The maximum Gasteiger partial charge on any atom is 0.320 e. The van der Waals surface area contributed by atoms with Crippen molar-refractivity contribution in [3.8, 4) is 0 Å². The predicted octanol–water partition coefficient (Wildman–Crippen LogP) is 2.34. The van der Waals surface area contributed by atoms with Gasteiger partial charge in [0.25, 0.3) is 0 Å². The lowest BCUT2D eigenvalue weighted by molar-refractivity contribution is -0.138. The molecule has 1 unspecified atom stereocenters. The first kappa shape index (κ1) is 14.7. The van der Waals surface area contributed by atoms with E-state index >= 15 is 0 Å². The zero-order valence-corrected chi connectivity index (χ0v) is 11.2. The summed E-state index contributed by atoms with van der Waals surface area (Å²) in [6, 6.07) is -0.846. The van der Waals surface area contributed by atoms with Crippen LogP contribution in [-0.4, -0.2) is 29.2 Å². The van der Waals surface area contributed by atoms with Gasteiger partial charge in [0.15, 0.2) is 0 Å². The monoisotopic (exact) mass is 266 g/mol. The van der Waals surface area contributed by atoms with Crippen LogP contribution in [0.1, 0.15) is 19.3 Å². The van der Waals surface area contributed by atoms with Crippen molar-refractivity contribution < 1.29 is 9.90 Å². The number of hydrogen-bond donors (Lipinski definition) is 2. The van der Waals surface area contributed by atoms with Crippen molar-refractivity contribution in [2.45, 2.75) is 25.3 Å². The lowest BCUT2D eigenvalue weighted by Crippen LogP contribution is -2.30. The number of carboxylic acid groups (broad SMARTS) is 1. The number of carboxylic acids is 1. The van der Waals surface area contributed by atoms with Crippen molar-refractivity contribution in [3.05, 3.63) is 35.3 Å². The molecule has 5 heteroatoms. The van der Waals surface area contributed by atoms with E-state index in [1.165, 1.54) is 11.8 Å². The van der Waals surface area contributed by atoms with Crippen molar-refractivity contribution in [1.82, 2.24) is 0 Å².